The molecule has 2 aromatic rings. The number of amides is 2. The average molecular weight is 425 g/mol. The average Bonchev–Trinajstić information content (AvgIpc) is 2.97. The maximum Gasteiger partial charge on any atom is 0.318 e. The van der Waals surface area contributed by atoms with E-state index < -0.39 is 32.4 Å². The fourth-order valence-corrected chi connectivity index (χ4v) is 3.32. The van der Waals surface area contributed by atoms with Crippen LogP contribution in [0.1, 0.15) is 5.56 Å². The first-order chi connectivity index (χ1) is 14.3. The van der Waals surface area contributed by atoms with Gasteiger partial charge < -0.3 is 4.74 Å². The Morgan fingerprint density at radius 2 is 1.80 bits per heavy atom. The molecule has 0 aliphatic carbocycles. The fraction of sp³-hybridized carbons (Fsp3) is 0.0526. The quantitative estimate of drug-likeness (QED) is 0.294. The summed E-state index contributed by atoms with van der Waals surface area (Å²) in [5.41, 5.74) is -0.384. The number of nitro groups is 2. The van der Waals surface area contributed by atoms with Crippen molar-refractivity contribution in [2.24, 2.45) is 0 Å². The Bertz CT molecular complexity index is 1140. The number of nitrogens with zero attached hydrogens (tertiary/aromatic N) is 3. The van der Waals surface area contributed by atoms with Crippen LogP contribution in [-0.2, 0) is 4.79 Å². The molecule has 0 bridgehead atoms. The van der Waals surface area contributed by atoms with Crippen LogP contribution in [0.4, 0.5) is 16.2 Å². The lowest BCUT2D eigenvalue weighted by Crippen LogP contribution is -2.28. The fourth-order valence-electron chi connectivity index (χ4n) is 2.49. The Morgan fingerprint density at radius 1 is 1.10 bits per heavy atom. The summed E-state index contributed by atoms with van der Waals surface area (Å²) in [7, 11) is 0. The second-order valence-corrected chi connectivity index (χ2v) is 6.80. The molecule has 1 heterocycles. The van der Waals surface area contributed by atoms with Gasteiger partial charge in [0.15, 0.2) is 0 Å². The summed E-state index contributed by atoms with van der Waals surface area (Å²) in [4.78, 5) is 45.6. The molecule has 10 nitrogen and oxygen atoms in total. The van der Waals surface area contributed by atoms with Gasteiger partial charge in [-0.15, -0.1) is 6.42 Å². The van der Waals surface area contributed by atoms with Gasteiger partial charge in [0, 0.05) is 6.07 Å². The molecule has 1 aliphatic heterocycles. The van der Waals surface area contributed by atoms with Crippen LogP contribution in [0, 0.1) is 32.6 Å². The number of imide groups is 1. The molecule has 0 aromatic heterocycles. The standard InChI is InChI=1S/C19H11N3O7S/c1-2-9-20-18(23)17(30-19(20)24)10-12-3-6-14(7-4-12)29-16-8-5-13(21(25)26)11-15(16)22(27)28/h1,3-8,10-11H,9H2/b17-10+. The van der Waals surface area contributed by atoms with Crippen LogP contribution in [0.5, 0.6) is 11.5 Å². The summed E-state index contributed by atoms with van der Waals surface area (Å²) < 4.78 is 5.48. The highest BCUT2D eigenvalue weighted by molar-refractivity contribution is 8.18. The van der Waals surface area contributed by atoms with Crippen molar-refractivity contribution in [3.05, 3.63) is 73.2 Å². The zero-order chi connectivity index (χ0) is 21.8. The third-order valence-corrected chi connectivity index (χ3v) is 4.79. The number of rotatable bonds is 6. The van der Waals surface area contributed by atoms with E-state index in [9.17, 15) is 29.8 Å². The molecule has 0 spiro atoms. The van der Waals surface area contributed by atoms with Crippen molar-refractivity contribution in [3.63, 3.8) is 0 Å². The smallest absolute Gasteiger partial charge is 0.318 e. The number of benzene rings is 2. The minimum absolute atomic E-state index is 0.108. The van der Waals surface area contributed by atoms with Gasteiger partial charge >= 0.3 is 5.69 Å². The van der Waals surface area contributed by atoms with Crippen LogP contribution in [-0.4, -0.2) is 32.4 Å². The van der Waals surface area contributed by atoms with Gasteiger partial charge in [0.25, 0.3) is 16.8 Å². The molecule has 0 atom stereocenters. The molecule has 150 valence electrons. The van der Waals surface area contributed by atoms with Crippen molar-refractivity contribution < 1.29 is 24.2 Å². The number of carbonyl (C=O) groups is 2. The van der Waals surface area contributed by atoms with Crippen molar-refractivity contribution in [2.45, 2.75) is 0 Å². The lowest BCUT2D eigenvalue weighted by molar-refractivity contribution is -0.394. The highest BCUT2D eigenvalue weighted by Gasteiger charge is 2.34. The van der Waals surface area contributed by atoms with E-state index in [1.165, 1.54) is 18.2 Å². The van der Waals surface area contributed by atoms with Gasteiger partial charge in [-0.25, -0.2) is 0 Å². The molecule has 1 fully saturated rings. The Kier molecular flexibility index (Phi) is 5.80. The van der Waals surface area contributed by atoms with Crippen LogP contribution >= 0.6 is 11.8 Å². The van der Waals surface area contributed by atoms with Gasteiger partial charge in [-0.1, -0.05) is 18.1 Å². The van der Waals surface area contributed by atoms with E-state index in [-0.39, 0.29) is 22.9 Å². The Balaban J connectivity index is 1.80. The number of ether oxygens (including phenoxy) is 1. The zero-order valence-corrected chi connectivity index (χ0v) is 15.8. The predicted molar refractivity (Wildman–Crippen MR) is 108 cm³/mol. The molecular formula is C19H11N3O7S. The number of hydrogen-bond acceptors (Lipinski definition) is 8. The summed E-state index contributed by atoms with van der Waals surface area (Å²) in [6, 6.07) is 9.24. The van der Waals surface area contributed by atoms with Crippen LogP contribution in [0.15, 0.2) is 47.4 Å². The summed E-state index contributed by atoms with van der Waals surface area (Å²) in [5, 5.41) is 21.5. The molecule has 1 aliphatic rings. The molecule has 30 heavy (non-hydrogen) atoms. The minimum atomic E-state index is -0.775. The highest BCUT2D eigenvalue weighted by atomic mass is 32.2. The number of hydrogen-bond donors (Lipinski definition) is 0. The lowest BCUT2D eigenvalue weighted by Gasteiger charge is -2.07. The summed E-state index contributed by atoms with van der Waals surface area (Å²) in [6.07, 6.45) is 6.66. The highest BCUT2D eigenvalue weighted by Crippen LogP contribution is 2.35. The van der Waals surface area contributed by atoms with E-state index in [0.29, 0.717) is 5.56 Å². The molecular weight excluding hydrogens is 414 g/mol. The normalized spacial score (nSPS) is 14.6. The van der Waals surface area contributed by atoms with Crippen molar-refractivity contribution in [3.8, 4) is 23.8 Å². The first-order valence-electron chi connectivity index (χ1n) is 8.19. The monoisotopic (exact) mass is 425 g/mol. The van der Waals surface area contributed by atoms with Crippen molar-refractivity contribution >= 4 is 40.4 Å². The van der Waals surface area contributed by atoms with E-state index in [1.807, 2.05) is 0 Å². The van der Waals surface area contributed by atoms with Crippen molar-refractivity contribution in [2.75, 3.05) is 6.54 Å². The first kappa shape index (κ1) is 20.6. The van der Waals surface area contributed by atoms with Gasteiger partial charge in [-0.3, -0.25) is 34.7 Å². The van der Waals surface area contributed by atoms with Gasteiger partial charge in [-0.2, -0.15) is 0 Å². The Hall–Kier alpha value is -4.17. The molecule has 0 unspecified atom stereocenters. The SMILES string of the molecule is C#CCN1C(=O)S/C(=C/c2ccc(Oc3ccc([N+](=O)[O-])cc3[N+](=O)[O-])cc2)C1=O. The molecule has 0 N–H and O–H groups in total. The van der Waals surface area contributed by atoms with Crippen LogP contribution in [0.3, 0.4) is 0 Å². The topological polar surface area (TPSA) is 133 Å². The predicted octanol–water partition coefficient (Wildman–Crippen LogP) is 3.96. The van der Waals surface area contributed by atoms with Crippen molar-refractivity contribution in [1.29, 1.82) is 0 Å². The van der Waals surface area contributed by atoms with Crippen molar-refractivity contribution in [1.82, 2.24) is 4.90 Å². The Morgan fingerprint density at radius 3 is 2.40 bits per heavy atom. The molecule has 2 amide bonds. The molecule has 0 radical (unpaired) electrons. The summed E-state index contributed by atoms with van der Waals surface area (Å²) in [5.74, 6) is 1.85. The number of carbonyl (C=O) groups excluding carboxylic acids is 2. The maximum absolute atomic E-state index is 12.2. The largest absolute Gasteiger partial charge is 0.450 e. The Labute approximate surface area is 173 Å². The lowest BCUT2D eigenvalue weighted by atomic mass is 10.2. The van der Waals surface area contributed by atoms with Gasteiger partial charge in [-0.05, 0) is 41.6 Å². The molecule has 0 saturated carbocycles. The molecule has 11 heteroatoms. The summed E-state index contributed by atoms with van der Waals surface area (Å²) in [6.45, 7) is -0.108. The third kappa shape index (κ3) is 4.29. The van der Waals surface area contributed by atoms with Crippen LogP contribution in [0.25, 0.3) is 6.08 Å². The maximum atomic E-state index is 12.2. The third-order valence-electron chi connectivity index (χ3n) is 3.88. The van der Waals surface area contributed by atoms with Gasteiger partial charge in [0.2, 0.25) is 5.75 Å². The number of terminal acetylenes is 1. The van der Waals surface area contributed by atoms with Gasteiger partial charge in [0.1, 0.15) is 5.75 Å². The van der Waals surface area contributed by atoms with E-state index in [1.54, 1.807) is 12.1 Å². The second kappa shape index (κ2) is 8.46. The first-order valence-corrected chi connectivity index (χ1v) is 9.01. The summed E-state index contributed by atoms with van der Waals surface area (Å²) >= 11 is 0.774. The van der Waals surface area contributed by atoms with Crippen LogP contribution < -0.4 is 4.74 Å². The van der Waals surface area contributed by atoms with E-state index in [0.717, 1.165) is 34.9 Å². The second-order valence-electron chi connectivity index (χ2n) is 5.81. The molecule has 3 rings (SSSR count). The zero-order valence-electron chi connectivity index (χ0n) is 15.0. The number of thioether (sulfide) groups is 1. The number of nitro benzene ring substituents is 2. The van der Waals surface area contributed by atoms with Gasteiger partial charge in [0.05, 0.1) is 27.4 Å². The molecule has 1 saturated heterocycles. The van der Waals surface area contributed by atoms with E-state index in [2.05, 4.69) is 5.92 Å². The van der Waals surface area contributed by atoms with E-state index >= 15 is 0 Å². The minimum Gasteiger partial charge on any atom is -0.450 e. The molecule has 2 aromatic carbocycles. The van der Waals surface area contributed by atoms with E-state index in [4.69, 9.17) is 11.2 Å². The number of non-ortho nitro benzene ring substituents is 1. The van der Waals surface area contributed by atoms with Crippen LogP contribution in [0.2, 0.25) is 0 Å².